The minimum absolute atomic E-state index is 0.0339. The van der Waals surface area contributed by atoms with Gasteiger partial charge < -0.3 is 14.8 Å². The van der Waals surface area contributed by atoms with E-state index in [0.717, 1.165) is 0 Å². The van der Waals surface area contributed by atoms with Crippen LogP contribution in [-0.2, 0) is 6.54 Å². The number of alkyl halides is 3. The highest BCUT2D eigenvalue weighted by molar-refractivity contribution is 5.94. The van der Waals surface area contributed by atoms with Crippen molar-refractivity contribution in [1.29, 1.82) is 0 Å². The molecule has 1 aromatic carbocycles. The molecule has 0 unspecified atom stereocenters. The number of benzene rings is 1. The quantitative estimate of drug-likeness (QED) is 0.642. The van der Waals surface area contributed by atoms with Crippen LogP contribution in [-0.4, -0.2) is 28.7 Å². The van der Waals surface area contributed by atoms with Crippen molar-refractivity contribution in [2.75, 3.05) is 6.61 Å². The van der Waals surface area contributed by atoms with Crippen molar-refractivity contribution in [3.8, 4) is 17.4 Å². The first-order valence-electron chi connectivity index (χ1n) is 8.50. The molecule has 0 saturated heterocycles. The van der Waals surface area contributed by atoms with E-state index in [4.69, 9.17) is 9.47 Å². The fourth-order valence-corrected chi connectivity index (χ4v) is 2.33. The van der Waals surface area contributed by atoms with Crippen LogP contribution in [0.1, 0.15) is 15.9 Å². The molecule has 2 aromatic heterocycles. The molecule has 1 N–H and O–H groups in total. The predicted octanol–water partition coefficient (Wildman–Crippen LogP) is 4.14. The third kappa shape index (κ3) is 6.20. The zero-order valence-electron chi connectivity index (χ0n) is 15.0. The van der Waals surface area contributed by atoms with Gasteiger partial charge in [-0.3, -0.25) is 9.78 Å². The van der Waals surface area contributed by atoms with Crippen molar-refractivity contribution < 1.29 is 27.4 Å². The Morgan fingerprint density at radius 1 is 1.00 bits per heavy atom. The van der Waals surface area contributed by atoms with Gasteiger partial charge in [0.15, 0.2) is 6.61 Å². The first kappa shape index (κ1) is 20.1. The van der Waals surface area contributed by atoms with Gasteiger partial charge in [0, 0.05) is 30.1 Å². The Bertz CT molecular complexity index is 948. The monoisotopic (exact) mass is 403 g/mol. The number of amides is 1. The lowest BCUT2D eigenvalue weighted by molar-refractivity contribution is -0.154. The van der Waals surface area contributed by atoms with E-state index in [1.807, 2.05) is 0 Å². The van der Waals surface area contributed by atoms with E-state index in [0.29, 0.717) is 22.6 Å². The minimum Gasteiger partial charge on any atom is -0.468 e. The highest BCUT2D eigenvalue weighted by atomic mass is 19.4. The second kappa shape index (κ2) is 9.05. The van der Waals surface area contributed by atoms with Gasteiger partial charge in [0.2, 0.25) is 5.88 Å². The summed E-state index contributed by atoms with van der Waals surface area (Å²) in [5.74, 6) is 0.520. The van der Waals surface area contributed by atoms with E-state index in [1.54, 1.807) is 54.9 Å². The molecule has 1 amide bonds. The van der Waals surface area contributed by atoms with Gasteiger partial charge in [-0.05, 0) is 42.5 Å². The fourth-order valence-electron chi connectivity index (χ4n) is 2.33. The molecule has 0 radical (unpaired) electrons. The molecule has 9 heteroatoms. The van der Waals surface area contributed by atoms with Crippen molar-refractivity contribution in [2.45, 2.75) is 12.7 Å². The average molecular weight is 403 g/mol. The highest BCUT2D eigenvalue weighted by Gasteiger charge is 2.29. The summed E-state index contributed by atoms with van der Waals surface area (Å²) in [5, 5.41) is 2.63. The molecular formula is C20H16F3N3O3. The first-order chi connectivity index (χ1) is 13.9. The van der Waals surface area contributed by atoms with E-state index in [9.17, 15) is 18.0 Å². The Hall–Kier alpha value is -3.62. The molecule has 150 valence electrons. The van der Waals surface area contributed by atoms with Crippen LogP contribution in [0, 0.1) is 0 Å². The molecule has 0 fully saturated rings. The molecule has 0 saturated carbocycles. The largest absolute Gasteiger partial charge is 0.468 e. The van der Waals surface area contributed by atoms with E-state index in [-0.39, 0.29) is 12.4 Å². The fraction of sp³-hybridized carbons (Fsp3) is 0.150. The molecule has 3 aromatic rings. The summed E-state index contributed by atoms with van der Waals surface area (Å²) in [7, 11) is 0. The number of rotatable bonds is 7. The number of nitrogens with one attached hydrogen (secondary N) is 1. The lowest BCUT2D eigenvalue weighted by Gasteiger charge is -2.12. The Kier molecular flexibility index (Phi) is 6.28. The maximum atomic E-state index is 12.3. The zero-order valence-corrected chi connectivity index (χ0v) is 15.0. The number of halogens is 3. The minimum atomic E-state index is -4.47. The molecule has 0 aliphatic heterocycles. The van der Waals surface area contributed by atoms with E-state index in [2.05, 4.69) is 15.3 Å². The smallest absolute Gasteiger partial charge is 0.422 e. The highest BCUT2D eigenvalue weighted by Crippen LogP contribution is 2.21. The predicted molar refractivity (Wildman–Crippen MR) is 97.7 cm³/mol. The zero-order chi connectivity index (χ0) is 20.7. The van der Waals surface area contributed by atoms with Gasteiger partial charge in [-0.1, -0.05) is 6.07 Å². The second-order valence-electron chi connectivity index (χ2n) is 5.87. The standard InChI is InChI=1S/C20H16F3N3O3/c21-20(22,23)13-28-19-15(3-1-10-25-19)11-26-18(27)14-5-7-16(8-6-14)29-17-4-2-9-24-12-17/h1-10,12H,11,13H2,(H,26,27). The number of carbonyl (C=O) groups is 1. The average Bonchev–Trinajstić information content (AvgIpc) is 2.72. The van der Waals surface area contributed by atoms with E-state index < -0.39 is 18.7 Å². The van der Waals surface area contributed by atoms with Gasteiger partial charge >= 0.3 is 6.18 Å². The molecule has 0 atom stereocenters. The number of hydrogen-bond donors (Lipinski definition) is 1. The summed E-state index contributed by atoms with van der Waals surface area (Å²) >= 11 is 0. The lowest BCUT2D eigenvalue weighted by Crippen LogP contribution is -2.24. The summed E-state index contributed by atoms with van der Waals surface area (Å²) in [5.41, 5.74) is 0.701. The third-order valence-electron chi connectivity index (χ3n) is 3.65. The Morgan fingerprint density at radius 2 is 1.76 bits per heavy atom. The maximum absolute atomic E-state index is 12.3. The number of pyridine rings is 2. The third-order valence-corrected chi connectivity index (χ3v) is 3.65. The van der Waals surface area contributed by atoms with Crippen LogP contribution in [0.15, 0.2) is 67.1 Å². The van der Waals surface area contributed by atoms with Crippen molar-refractivity contribution in [1.82, 2.24) is 15.3 Å². The Labute approximate surface area is 164 Å². The van der Waals surface area contributed by atoms with Crippen molar-refractivity contribution in [2.24, 2.45) is 0 Å². The Balaban J connectivity index is 1.58. The topological polar surface area (TPSA) is 73.3 Å². The van der Waals surface area contributed by atoms with Gasteiger partial charge in [0.1, 0.15) is 11.5 Å². The van der Waals surface area contributed by atoms with Crippen LogP contribution < -0.4 is 14.8 Å². The molecular weight excluding hydrogens is 387 g/mol. The molecule has 0 aliphatic rings. The van der Waals surface area contributed by atoms with E-state index >= 15 is 0 Å². The van der Waals surface area contributed by atoms with Gasteiger partial charge in [-0.25, -0.2) is 4.98 Å². The van der Waals surface area contributed by atoms with Crippen LogP contribution in [0.25, 0.3) is 0 Å². The van der Waals surface area contributed by atoms with Crippen LogP contribution >= 0.6 is 0 Å². The first-order valence-corrected chi connectivity index (χ1v) is 8.50. The van der Waals surface area contributed by atoms with Gasteiger partial charge in [0.05, 0.1) is 6.20 Å². The van der Waals surface area contributed by atoms with Crippen LogP contribution in [0.4, 0.5) is 13.2 Å². The van der Waals surface area contributed by atoms with Crippen LogP contribution in [0.5, 0.6) is 17.4 Å². The van der Waals surface area contributed by atoms with E-state index in [1.165, 1.54) is 12.3 Å². The van der Waals surface area contributed by atoms with Crippen molar-refractivity contribution in [3.63, 3.8) is 0 Å². The molecule has 6 nitrogen and oxygen atoms in total. The summed E-state index contributed by atoms with van der Waals surface area (Å²) < 4.78 is 47.3. The molecule has 0 aliphatic carbocycles. The molecule has 3 rings (SSSR count). The molecule has 29 heavy (non-hydrogen) atoms. The summed E-state index contributed by atoms with van der Waals surface area (Å²) in [4.78, 5) is 20.0. The number of carbonyl (C=O) groups excluding carboxylic acids is 1. The van der Waals surface area contributed by atoms with Gasteiger partial charge in [-0.2, -0.15) is 13.2 Å². The summed E-state index contributed by atoms with van der Waals surface area (Å²) in [6.07, 6.45) is 0.0325. The second-order valence-corrected chi connectivity index (χ2v) is 5.87. The van der Waals surface area contributed by atoms with Crippen molar-refractivity contribution >= 4 is 5.91 Å². The number of hydrogen-bond acceptors (Lipinski definition) is 5. The van der Waals surface area contributed by atoms with Gasteiger partial charge in [-0.15, -0.1) is 0 Å². The number of aromatic nitrogens is 2. The lowest BCUT2D eigenvalue weighted by atomic mass is 10.2. The molecule has 0 bridgehead atoms. The Morgan fingerprint density at radius 3 is 2.45 bits per heavy atom. The van der Waals surface area contributed by atoms with Crippen molar-refractivity contribution in [3.05, 3.63) is 78.2 Å². The number of nitrogens with zero attached hydrogens (tertiary/aromatic N) is 2. The van der Waals surface area contributed by atoms with Gasteiger partial charge in [0.25, 0.3) is 5.91 Å². The van der Waals surface area contributed by atoms with Crippen LogP contribution in [0.2, 0.25) is 0 Å². The normalized spacial score (nSPS) is 11.0. The number of ether oxygens (including phenoxy) is 2. The SMILES string of the molecule is O=C(NCc1cccnc1OCC(F)(F)F)c1ccc(Oc2cccnc2)cc1. The summed E-state index contributed by atoms with van der Waals surface area (Å²) in [6, 6.07) is 13.0. The summed E-state index contributed by atoms with van der Waals surface area (Å²) in [6.45, 7) is -1.49. The van der Waals surface area contributed by atoms with Crippen LogP contribution in [0.3, 0.4) is 0 Å². The molecule has 2 heterocycles. The maximum Gasteiger partial charge on any atom is 0.422 e. The molecule has 0 spiro atoms.